The van der Waals surface area contributed by atoms with E-state index in [4.69, 9.17) is 16.7 Å². The second-order valence-corrected chi connectivity index (χ2v) is 3.26. The van der Waals surface area contributed by atoms with E-state index >= 15 is 0 Å². The molecule has 0 aliphatic heterocycles. The maximum Gasteiger partial charge on any atom is 0.426 e. The lowest BCUT2D eigenvalue weighted by Gasteiger charge is -2.32. The van der Waals surface area contributed by atoms with Gasteiger partial charge in [-0.25, -0.2) is 4.39 Å². The normalized spacial score (nSPS) is 32.9. The SMILES string of the molecule is OC1=CC(CCl)C(F)(C(F)(F)F)C=C1. The molecule has 0 heterocycles. The van der Waals surface area contributed by atoms with Crippen LogP contribution in [-0.4, -0.2) is 22.8 Å². The highest BCUT2D eigenvalue weighted by Gasteiger charge is 2.59. The van der Waals surface area contributed by atoms with Crippen LogP contribution in [0.15, 0.2) is 24.0 Å². The van der Waals surface area contributed by atoms with Crippen molar-refractivity contribution < 1.29 is 22.7 Å². The molecule has 1 aliphatic rings. The minimum absolute atomic E-state index is 0.287. The van der Waals surface area contributed by atoms with Crippen molar-refractivity contribution >= 4 is 11.6 Å². The molecule has 1 aliphatic carbocycles. The van der Waals surface area contributed by atoms with Crippen molar-refractivity contribution in [2.24, 2.45) is 5.92 Å². The van der Waals surface area contributed by atoms with Crippen molar-refractivity contribution in [3.63, 3.8) is 0 Å². The molecular weight excluding hydrogens is 224 g/mol. The van der Waals surface area contributed by atoms with Gasteiger partial charge in [0.05, 0.1) is 0 Å². The number of alkyl halides is 5. The van der Waals surface area contributed by atoms with E-state index in [0.29, 0.717) is 6.08 Å². The summed E-state index contributed by atoms with van der Waals surface area (Å²) in [5, 5.41) is 8.89. The van der Waals surface area contributed by atoms with Crippen LogP contribution in [0.2, 0.25) is 0 Å². The van der Waals surface area contributed by atoms with E-state index in [9.17, 15) is 17.6 Å². The molecule has 1 rings (SSSR count). The fourth-order valence-corrected chi connectivity index (χ4v) is 1.49. The molecule has 0 saturated carbocycles. The van der Waals surface area contributed by atoms with E-state index in [1.807, 2.05) is 0 Å². The number of aliphatic hydroxyl groups excluding tert-OH is 1. The van der Waals surface area contributed by atoms with Crippen LogP contribution >= 0.6 is 11.6 Å². The second-order valence-electron chi connectivity index (χ2n) is 2.95. The van der Waals surface area contributed by atoms with Gasteiger partial charge in [-0.1, -0.05) is 0 Å². The standard InChI is InChI=1S/C8H7ClF4O/c9-4-5-3-6(14)1-2-7(5,10)8(11,12)13/h1-3,5,14H,4H2. The lowest BCUT2D eigenvalue weighted by Crippen LogP contribution is -2.47. The molecule has 14 heavy (non-hydrogen) atoms. The van der Waals surface area contributed by atoms with Gasteiger partial charge in [0.15, 0.2) is 0 Å². The molecule has 2 unspecified atom stereocenters. The van der Waals surface area contributed by atoms with Crippen LogP contribution in [0.1, 0.15) is 0 Å². The Bertz CT molecular complexity index is 284. The molecule has 1 nitrogen and oxygen atoms in total. The molecule has 0 aromatic rings. The molecule has 0 aromatic carbocycles. The van der Waals surface area contributed by atoms with Crippen LogP contribution in [0.25, 0.3) is 0 Å². The van der Waals surface area contributed by atoms with E-state index < -0.39 is 29.4 Å². The van der Waals surface area contributed by atoms with Crippen LogP contribution in [0.3, 0.4) is 0 Å². The second kappa shape index (κ2) is 3.46. The minimum Gasteiger partial charge on any atom is -0.508 e. The van der Waals surface area contributed by atoms with Gasteiger partial charge in [0, 0.05) is 11.8 Å². The predicted molar refractivity (Wildman–Crippen MR) is 44.0 cm³/mol. The summed E-state index contributed by atoms with van der Waals surface area (Å²) in [6.07, 6.45) is -3.30. The zero-order valence-corrected chi connectivity index (χ0v) is 7.61. The molecule has 0 bridgehead atoms. The Kier molecular flexibility index (Phi) is 2.81. The van der Waals surface area contributed by atoms with Gasteiger partial charge in [-0.05, 0) is 18.2 Å². The summed E-state index contributed by atoms with van der Waals surface area (Å²) in [4.78, 5) is 0. The molecule has 1 N–H and O–H groups in total. The smallest absolute Gasteiger partial charge is 0.426 e. The highest BCUT2D eigenvalue weighted by molar-refractivity contribution is 6.18. The first-order valence-corrected chi connectivity index (χ1v) is 4.26. The summed E-state index contributed by atoms with van der Waals surface area (Å²) in [7, 11) is 0. The first-order chi connectivity index (χ1) is 6.31. The van der Waals surface area contributed by atoms with Gasteiger partial charge in [-0.2, -0.15) is 13.2 Å². The minimum atomic E-state index is -5.03. The van der Waals surface area contributed by atoms with Crippen molar-refractivity contribution in [1.29, 1.82) is 0 Å². The van der Waals surface area contributed by atoms with Gasteiger partial charge >= 0.3 is 6.18 Å². The third kappa shape index (κ3) is 1.73. The van der Waals surface area contributed by atoms with E-state index in [0.717, 1.165) is 6.08 Å². The lowest BCUT2D eigenvalue weighted by molar-refractivity contribution is -0.222. The fraction of sp³-hybridized carbons (Fsp3) is 0.500. The first kappa shape index (κ1) is 11.4. The molecular formula is C8H7ClF4O. The topological polar surface area (TPSA) is 20.2 Å². The Labute approximate surface area is 82.7 Å². The summed E-state index contributed by atoms with van der Waals surface area (Å²) >= 11 is 5.21. The summed E-state index contributed by atoms with van der Waals surface area (Å²) < 4.78 is 50.3. The molecule has 0 aromatic heterocycles. The average molecular weight is 231 g/mol. The van der Waals surface area contributed by atoms with Crippen molar-refractivity contribution in [1.82, 2.24) is 0 Å². The Morgan fingerprint density at radius 3 is 2.50 bits per heavy atom. The van der Waals surface area contributed by atoms with Gasteiger partial charge in [0.25, 0.3) is 0 Å². The van der Waals surface area contributed by atoms with Crippen molar-refractivity contribution in [3.05, 3.63) is 24.0 Å². The zero-order chi connectivity index (χ0) is 11.0. The van der Waals surface area contributed by atoms with Gasteiger partial charge < -0.3 is 5.11 Å². The lowest BCUT2D eigenvalue weighted by atomic mass is 9.85. The van der Waals surface area contributed by atoms with Crippen LogP contribution < -0.4 is 0 Å². The molecule has 80 valence electrons. The summed E-state index contributed by atoms with van der Waals surface area (Å²) in [5.74, 6) is -2.55. The highest BCUT2D eigenvalue weighted by Crippen LogP contribution is 2.44. The zero-order valence-electron chi connectivity index (χ0n) is 6.85. The molecule has 6 heteroatoms. The van der Waals surface area contributed by atoms with Crippen LogP contribution in [0.4, 0.5) is 17.6 Å². The third-order valence-corrected chi connectivity index (χ3v) is 2.34. The molecule has 2 atom stereocenters. The molecule has 0 spiro atoms. The Balaban J connectivity index is 3.06. The van der Waals surface area contributed by atoms with Crippen molar-refractivity contribution in [2.45, 2.75) is 11.8 Å². The number of hydrogen-bond acceptors (Lipinski definition) is 1. The number of halogens is 5. The first-order valence-electron chi connectivity index (χ1n) is 3.73. The Hall–Kier alpha value is -0.710. The maximum atomic E-state index is 13.5. The number of aliphatic hydroxyl groups is 1. The van der Waals surface area contributed by atoms with Crippen molar-refractivity contribution in [3.8, 4) is 0 Å². The third-order valence-electron chi connectivity index (χ3n) is 2.01. The van der Waals surface area contributed by atoms with Crippen LogP contribution in [-0.2, 0) is 0 Å². The number of allylic oxidation sites excluding steroid dienone is 3. The highest BCUT2D eigenvalue weighted by atomic mass is 35.5. The van der Waals surface area contributed by atoms with E-state index in [1.165, 1.54) is 0 Å². The molecule has 0 fully saturated rings. The van der Waals surface area contributed by atoms with E-state index in [1.54, 1.807) is 0 Å². The maximum absolute atomic E-state index is 13.5. The van der Waals surface area contributed by atoms with Crippen LogP contribution in [0.5, 0.6) is 0 Å². The summed E-state index contributed by atoms with van der Waals surface area (Å²) in [5.41, 5.74) is -3.49. The van der Waals surface area contributed by atoms with Gasteiger partial charge in [0.1, 0.15) is 5.76 Å². The molecule has 0 saturated heterocycles. The van der Waals surface area contributed by atoms with E-state index in [-0.39, 0.29) is 6.08 Å². The van der Waals surface area contributed by atoms with E-state index in [2.05, 4.69) is 0 Å². The summed E-state index contributed by atoms with van der Waals surface area (Å²) in [6.45, 7) is 0. The largest absolute Gasteiger partial charge is 0.508 e. The Morgan fingerprint density at radius 1 is 1.50 bits per heavy atom. The van der Waals surface area contributed by atoms with Crippen molar-refractivity contribution in [2.75, 3.05) is 5.88 Å². The quantitative estimate of drug-likeness (QED) is 0.542. The Morgan fingerprint density at radius 2 is 2.07 bits per heavy atom. The fourth-order valence-electron chi connectivity index (χ4n) is 1.17. The molecule has 0 amide bonds. The predicted octanol–water partition coefficient (Wildman–Crippen LogP) is 3.12. The van der Waals surface area contributed by atoms with Gasteiger partial charge in [-0.3, -0.25) is 0 Å². The average Bonchev–Trinajstić information content (AvgIpc) is 2.07. The van der Waals surface area contributed by atoms with Gasteiger partial charge in [0.2, 0.25) is 5.67 Å². The van der Waals surface area contributed by atoms with Crippen LogP contribution in [0, 0.1) is 5.92 Å². The monoisotopic (exact) mass is 230 g/mol. The number of hydrogen-bond donors (Lipinski definition) is 1. The summed E-state index contributed by atoms with van der Waals surface area (Å²) in [6, 6.07) is 0. The number of rotatable bonds is 1. The molecule has 0 radical (unpaired) electrons. The van der Waals surface area contributed by atoms with Gasteiger partial charge in [-0.15, -0.1) is 11.6 Å².